The van der Waals surface area contributed by atoms with Gasteiger partial charge in [-0.25, -0.2) is 0 Å². The second-order valence-corrected chi connectivity index (χ2v) is 6.05. The van der Waals surface area contributed by atoms with E-state index in [4.69, 9.17) is 4.74 Å². The number of fused-ring (bicyclic) bond motifs is 1. The van der Waals surface area contributed by atoms with Crippen molar-refractivity contribution in [3.63, 3.8) is 0 Å². The molecule has 3 unspecified atom stereocenters. The lowest BCUT2D eigenvalue weighted by Gasteiger charge is -2.24. The molecule has 3 rings (SSSR count). The molecule has 122 valence electrons. The topological polar surface area (TPSA) is 50.4 Å². The molecule has 2 fully saturated rings. The maximum absolute atomic E-state index is 12.4. The molecule has 1 saturated heterocycles. The van der Waals surface area contributed by atoms with Crippen LogP contribution in [0.4, 0.5) is 5.69 Å². The Balaban J connectivity index is 0.00000176. The highest BCUT2D eigenvalue weighted by Crippen LogP contribution is 2.33. The van der Waals surface area contributed by atoms with Crippen LogP contribution in [0.3, 0.4) is 0 Å². The lowest BCUT2D eigenvalue weighted by atomic mass is 9.85. The molecule has 1 saturated carbocycles. The lowest BCUT2D eigenvalue weighted by Crippen LogP contribution is -2.39. The van der Waals surface area contributed by atoms with E-state index in [2.05, 4.69) is 10.6 Å². The van der Waals surface area contributed by atoms with Crippen LogP contribution in [0.5, 0.6) is 5.75 Å². The molecule has 0 bridgehead atoms. The zero-order valence-electron chi connectivity index (χ0n) is 13.0. The minimum absolute atomic E-state index is 0. The molecule has 2 aliphatic rings. The summed E-state index contributed by atoms with van der Waals surface area (Å²) in [5.41, 5.74) is 0.833. The van der Waals surface area contributed by atoms with Crippen molar-refractivity contribution in [1.82, 2.24) is 5.32 Å². The molecule has 4 nitrogen and oxygen atoms in total. The van der Waals surface area contributed by atoms with Crippen molar-refractivity contribution in [2.45, 2.75) is 51.1 Å². The largest absolute Gasteiger partial charge is 0.494 e. The molecular weight excluding hydrogens is 300 g/mol. The second-order valence-electron chi connectivity index (χ2n) is 6.05. The van der Waals surface area contributed by atoms with E-state index in [1.54, 1.807) is 0 Å². The molecule has 2 N–H and O–H groups in total. The summed E-state index contributed by atoms with van der Waals surface area (Å²) in [6.45, 7) is 2.61. The predicted molar refractivity (Wildman–Crippen MR) is 90.8 cm³/mol. The first-order chi connectivity index (χ1) is 10.3. The number of benzene rings is 1. The third-order valence-corrected chi connectivity index (χ3v) is 4.61. The van der Waals surface area contributed by atoms with Crippen molar-refractivity contribution in [1.29, 1.82) is 0 Å². The fraction of sp³-hybridized carbons (Fsp3) is 0.588. The maximum atomic E-state index is 12.4. The molecule has 5 heteroatoms. The number of anilines is 1. The van der Waals surface area contributed by atoms with E-state index in [-0.39, 0.29) is 24.4 Å². The first-order valence-corrected chi connectivity index (χ1v) is 8.06. The molecule has 0 spiro atoms. The van der Waals surface area contributed by atoms with Gasteiger partial charge in [-0.1, -0.05) is 12.8 Å². The monoisotopic (exact) mass is 324 g/mol. The smallest absolute Gasteiger partial charge is 0.241 e. The molecule has 22 heavy (non-hydrogen) atoms. The van der Waals surface area contributed by atoms with Gasteiger partial charge in [0.15, 0.2) is 0 Å². The van der Waals surface area contributed by atoms with E-state index in [1.165, 1.54) is 25.7 Å². The van der Waals surface area contributed by atoms with E-state index in [1.807, 2.05) is 31.2 Å². The predicted octanol–water partition coefficient (Wildman–Crippen LogP) is 3.37. The molecule has 1 amide bonds. The number of carbonyl (C=O) groups excluding carboxylic acids is 1. The van der Waals surface area contributed by atoms with Gasteiger partial charge in [0.1, 0.15) is 5.75 Å². The molecular formula is C17H25ClN2O2. The number of hydrogen-bond donors (Lipinski definition) is 2. The Morgan fingerprint density at radius 1 is 1.27 bits per heavy atom. The van der Waals surface area contributed by atoms with Crippen molar-refractivity contribution in [2.24, 2.45) is 5.92 Å². The van der Waals surface area contributed by atoms with Gasteiger partial charge in [0, 0.05) is 11.7 Å². The average molecular weight is 325 g/mol. The Kier molecular flexibility index (Phi) is 6.09. The molecule has 1 aliphatic carbocycles. The van der Waals surface area contributed by atoms with Gasteiger partial charge in [-0.05, 0) is 56.4 Å². The number of nitrogens with one attached hydrogen (secondary N) is 2. The van der Waals surface area contributed by atoms with Crippen molar-refractivity contribution < 1.29 is 9.53 Å². The van der Waals surface area contributed by atoms with Crippen molar-refractivity contribution >= 4 is 24.0 Å². The summed E-state index contributed by atoms with van der Waals surface area (Å²) in [7, 11) is 0. The van der Waals surface area contributed by atoms with Crippen LogP contribution in [0.25, 0.3) is 0 Å². The second kappa shape index (κ2) is 7.84. The third kappa shape index (κ3) is 3.93. The standard InChI is InChI=1S/C17H24N2O2.ClH/c1-2-21-14-9-7-13(8-10-14)18-17(20)16-11-12-5-3-4-6-15(12)19-16;/h7-10,12,15-16,19H,2-6,11H2,1H3,(H,18,20);1H. The normalized spacial score (nSPS) is 26.7. The van der Waals surface area contributed by atoms with Gasteiger partial charge in [-0.2, -0.15) is 0 Å². The molecule has 0 radical (unpaired) electrons. The number of ether oxygens (including phenoxy) is 1. The summed E-state index contributed by atoms with van der Waals surface area (Å²) in [6, 6.07) is 8.08. The van der Waals surface area contributed by atoms with Gasteiger partial charge in [-0.15, -0.1) is 12.4 Å². The highest BCUT2D eigenvalue weighted by Gasteiger charge is 2.38. The minimum atomic E-state index is -0.0373. The molecule has 0 aromatic heterocycles. The summed E-state index contributed by atoms with van der Waals surface area (Å²) in [4.78, 5) is 12.4. The molecule has 1 aromatic rings. The van der Waals surface area contributed by atoms with Gasteiger partial charge in [0.2, 0.25) is 5.91 Å². The van der Waals surface area contributed by atoms with Crippen LogP contribution in [0.1, 0.15) is 39.0 Å². The minimum Gasteiger partial charge on any atom is -0.494 e. The van der Waals surface area contributed by atoms with E-state index in [0.29, 0.717) is 18.6 Å². The van der Waals surface area contributed by atoms with Crippen LogP contribution in [0, 0.1) is 5.92 Å². The van der Waals surface area contributed by atoms with Crippen LogP contribution >= 0.6 is 12.4 Å². The molecule has 1 aliphatic heterocycles. The van der Waals surface area contributed by atoms with Gasteiger partial charge in [-0.3, -0.25) is 4.79 Å². The van der Waals surface area contributed by atoms with E-state index >= 15 is 0 Å². The van der Waals surface area contributed by atoms with Crippen LogP contribution in [0.2, 0.25) is 0 Å². The van der Waals surface area contributed by atoms with Crippen LogP contribution in [0.15, 0.2) is 24.3 Å². The quantitative estimate of drug-likeness (QED) is 0.892. The van der Waals surface area contributed by atoms with Crippen molar-refractivity contribution in [3.05, 3.63) is 24.3 Å². The first-order valence-electron chi connectivity index (χ1n) is 8.06. The summed E-state index contributed by atoms with van der Waals surface area (Å²) < 4.78 is 5.40. The third-order valence-electron chi connectivity index (χ3n) is 4.61. The zero-order valence-corrected chi connectivity index (χ0v) is 13.8. The van der Waals surface area contributed by atoms with Gasteiger partial charge in [0.05, 0.1) is 12.6 Å². The molecule has 3 atom stereocenters. The first kappa shape index (κ1) is 17.1. The molecule has 1 heterocycles. The van der Waals surface area contributed by atoms with Crippen LogP contribution < -0.4 is 15.4 Å². The Labute approximate surface area is 138 Å². The van der Waals surface area contributed by atoms with E-state index < -0.39 is 0 Å². The Bertz CT molecular complexity index is 478. The number of halogens is 1. The SMILES string of the molecule is CCOc1ccc(NC(=O)C2CC3CCCCC3N2)cc1.Cl. The Morgan fingerprint density at radius 3 is 2.68 bits per heavy atom. The summed E-state index contributed by atoms with van der Waals surface area (Å²) in [6.07, 6.45) is 6.08. The molecule has 1 aromatic carbocycles. The fourth-order valence-corrected chi connectivity index (χ4v) is 3.55. The fourth-order valence-electron chi connectivity index (χ4n) is 3.55. The van der Waals surface area contributed by atoms with Gasteiger partial charge < -0.3 is 15.4 Å². The van der Waals surface area contributed by atoms with Crippen LogP contribution in [-0.4, -0.2) is 24.6 Å². The Morgan fingerprint density at radius 2 is 2.00 bits per heavy atom. The van der Waals surface area contributed by atoms with Gasteiger partial charge in [0.25, 0.3) is 0 Å². The highest BCUT2D eigenvalue weighted by atomic mass is 35.5. The number of rotatable bonds is 4. The Hall–Kier alpha value is -1.26. The summed E-state index contributed by atoms with van der Waals surface area (Å²) in [5.74, 6) is 1.61. The van der Waals surface area contributed by atoms with E-state index in [9.17, 15) is 4.79 Å². The summed E-state index contributed by atoms with van der Waals surface area (Å²) >= 11 is 0. The maximum Gasteiger partial charge on any atom is 0.241 e. The summed E-state index contributed by atoms with van der Waals surface area (Å²) in [5, 5.41) is 6.51. The number of carbonyl (C=O) groups is 1. The van der Waals surface area contributed by atoms with E-state index in [0.717, 1.165) is 17.9 Å². The van der Waals surface area contributed by atoms with Crippen molar-refractivity contribution in [2.75, 3.05) is 11.9 Å². The number of amides is 1. The number of hydrogen-bond acceptors (Lipinski definition) is 3. The average Bonchev–Trinajstić information content (AvgIpc) is 2.94. The van der Waals surface area contributed by atoms with Crippen molar-refractivity contribution in [3.8, 4) is 5.75 Å². The van der Waals surface area contributed by atoms with Crippen LogP contribution in [-0.2, 0) is 4.79 Å². The highest BCUT2D eigenvalue weighted by molar-refractivity contribution is 5.95. The van der Waals surface area contributed by atoms with Gasteiger partial charge >= 0.3 is 0 Å². The zero-order chi connectivity index (χ0) is 14.7. The lowest BCUT2D eigenvalue weighted by molar-refractivity contribution is -0.117.